The molecule has 9 heteroatoms. The third kappa shape index (κ3) is 3.92. The molecule has 0 aliphatic heterocycles. The van der Waals surface area contributed by atoms with Crippen molar-refractivity contribution in [3.05, 3.63) is 35.7 Å². The highest BCUT2D eigenvalue weighted by Crippen LogP contribution is 2.19. The maximum absolute atomic E-state index is 12.4. The topological polar surface area (TPSA) is 111 Å². The first kappa shape index (κ1) is 18.0. The van der Waals surface area contributed by atoms with E-state index in [0.29, 0.717) is 11.4 Å². The summed E-state index contributed by atoms with van der Waals surface area (Å²) in [5.74, 6) is 0.332. The Balaban J connectivity index is 2.08. The SMILES string of the molecule is COc1ccc(NC(=O)[C@H](C)NS(=O)(=O)c2c(C)noc2C)cc1. The molecule has 2 aromatic rings. The fraction of sp³-hybridized carbons (Fsp3) is 0.333. The Morgan fingerprint density at radius 1 is 1.25 bits per heavy atom. The average Bonchev–Trinajstić information content (AvgIpc) is 2.87. The number of aromatic nitrogens is 1. The molecule has 0 saturated heterocycles. The number of methoxy groups -OCH3 is 1. The zero-order valence-corrected chi connectivity index (χ0v) is 14.6. The Bertz CT molecular complexity index is 808. The number of nitrogens with one attached hydrogen (secondary N) is 2. The van der Waals surface area contributed by atoms with Gasteiger partial charge in [0, 0.05) is 5.69 Å². The number of carbonyl (C=O) groups is 1. The van der Waals surface area contributed by atoms with Crippen molar-refractivity contribution in [1.29, 1.82) is 0 Å². The van der Waals surface area contributed by atoms with E-state index in [0.717, 1.165) is 0 Å². The van der Waals surface area contributed by atoms with Crippen LogP contribution in [-0.4, -0.2) is 32.6 Å². The standard InChI is InChI=1S/C15H19N3O5S/c1-9-14(11(3)23-17-9)24(20,21)18-10(2)15(19)16-12-5-7-13(22-4)8-6-12/h5-8,10,18H,1-4H3,(H,16,19)/t10-/m0/s1. The van der Waals surface area contributed by atoms with Crippen LogP contribution in [0.15, 0.2) is 33.7 Å². The van der Waals surface area contributed by atoms with Gasteiger partial charge in [0.05, 0.1) is 13.2 Å². The van der Waals surface area contributed by atoms with Crippen molar-refractivity contribution in [3.8, 4) is 5.75 Å². The number of hydrogen-bond donors (Lipinski definition) is 2. The number of anilines is 1. The molecule has 0 spiro atoms. The predicted molar refractivity (Wildman–Crippen MR) is 87.4 cm³/mol. The molecule has 1 heterocycles. The predicted octanol–water partition coefficient (Wildman–Crippen LogP) is 1.61. The highest BCUT2D eigenvalue weighted by Gasteiger charge is 2.28. The molecule has 0 bridgehead atoms. The zero-order chi connectivity index (χ0) is 17.9. The molecule has 1 amide bonds. The Morgan fingerprint density at radius 3 is 2.38 bits per heavy atom. The van der Waals surface area contributed by atoms with Crippen molar-refractivity contribution in [3.63, 3.8) is 0 Å². The number of hydrogen-bond acceptors (Lipinski definition) is 6. The van der Waals surface area contributed by atoms with Crippen LogP contribution in [0.3, 0.4) is 0 Å². The molecule has 1 aromatic heterocycles. The van der Waals surface area contributed by atoms with E-state index in [2.05, 4.69) is 15.2 Å². The van der Waals surface area contributed by atoms with Crippen molar-refractivity contribution in [1.82, 2.24) is 9.88 Å². The summed E-state index contributed by atoms with van der Waals surface area (Å²) >= 11 is 0. The second-order valence-electron chi connectivity index (χ2n) is 5.21. The van der Waals surface area contributed by atoms with Crippen molar-refractivity contribution in [2.45, 2.75) is 31.7 Å². The van der Waals surface area contributed by atoms with Crippen LogP contribution >= 0.6 is 0 Å². The van der Waals surface area contributed by atoms with Gasteiger partial charge in [-0.25, -0.2) is 8.42 Å². The molecule has 2 N–H and O–H groups in total. The van der Waals surface area contributed by atoms with Crippen LogP contribution in [0, 0.1) is 13.8 Å². The fourth-order valence-electron chi connectivity index (χ4n) is 2.13. The van der Waals surface area contributed by atoms with E-state index in [1.807, 2.05) is 0 Å². The summed E-state index contributed by atoms with van der Waals surface area (Å²) in [5, 5.41) is 6.24. The Morgan fingerprint density at radius 2 is 1.88 bits per heavy atom. The van der Waals surface area contributed by atoms with E-state index in [4.69, 9.17) is 9.26 Å². The second kappa shape index (κ2) is 7.02. The van der Waals surface area contributed by atoms with E-state index in [9.17, 15) is 13.2 Å². The zero-order valence-electron chi connectivity index (χ0n) is 13.8. The first-order valence-electron chi connectivity index (χ1n) is 7.14. The minimum atomic E-state index is -3.91. The minimum absolute atomic E-state index is 0.0494. The molecule has 0 fully saturated rings. The van der Waals surface area contributed by atoms with Crippen molar-refractivity contribution in [2.75, 3.05) is 12.4 Å². The summed E-state index contributed by atoms with van der Waals surface area (Å²) in [4.78, 5) is 12.1. The quantitative estimate of drug-likeness (QED) is 0.816. The van der Waals surface area contributed by atoms with Crippen LogP contribution in [0.5, 0.6) is 5.75 Å². The highest BCUT2D eigenvalue weighted by atomic mass is 32.2. The van der Waals surface area contributed by atoms with E-state index in [-0.39, 0.29) is 16.3 Å². The normalized spacial score (nSPS) is 12.7. The summed E-state index contributed by atoms with van der Waals surface area (Å²) < 4.78 is 37.0. The number of rotatable bonds is 6. The summed E-state index contributed by atoms with van der Waals surface area (Å²) in [6.45, 7) is 4.47. The van der Waals surface area contributed by atoms with Gasteiger partial charge >= 0.3 is 0 Å². The number of nitrogens with zero attached hydrogens (tertiary/aromatic N) is 1. The molecular formula is C15H19N3O5S. The smallest absolute Gasteiger partial charge is 0.246 e. The maximum Gasteiger partial charge on any atom is 0.246 e. The Kier molecular flexibility index (Phi) is 5.25. The van der Waals surface area contributed by atoms with E-state index >= 15 is 0 Å². The van der Waals surface area contributed by atoms with Crippen molar-refractivity contribution < 1.29 is 22.5 Å². The number of ether oxygens (including phenoxy) is 1. The summed E-state index contributed by atoms with van der Waals surface area (Å²) in [6.07, 6.45) is 0. The van der Waals surface area contributed by atoms with Gasteiger partial charge in [-0.1, -0.05) is 5.16 Å². The average molecular weight is 353 g/mol. The van der Waals surface area contributed by atoms with Crippen LogP contribution in [0.2, 0.25) is 0 Å². The third-order valence-electron chi connectivity index (χ3n) is 3.32. The molecular weight excluding hydrogens is 334 g/mol. The van der Waals surface area contributed by atoms with Crippen LogP contribution < -0.4 is 14.8 Å². The Labute approximate surface area is 140 Å². The van der Waals surface area contributed by atoms with Crippen LogP contribution in [0.4, 0.5) is 5.69 Å². The lowest BCUT2D eigenvalue weighted by molar-refractivity contribution is -0.117. The molecule has 0 unspecified atom stereocenters. The minimum Gasteiger partial charge on any atom is -0.497 e. The number of aryl methyl sites for hydroxylation is 2. The molecule has 1 aromatic carbocycles. The fourth-order valence-corrected chi connectivity index (χ4v) is 3.66. The van der Waals surface area contributed by atoms with E-state index < -0.39 is 22.0 Å². The number of carbonyl (C=O) groups excluding carboxylic acids is 1. The van der Waals surface area contributed by atoms with Gasteiger partial charge in [-0.2, -0.15) is 4.72 Å². The molecule has 130 valence electrons. The van der Waals surface area contributed by atoms with Gasteiger partial charge in [-0.15, -0.1) is 0 Å². The molecule has 0 radical (unpaired) electrons. The summed E-state index contributed by atoms with van der Waals surface area (Å²) in [5.41, 5.74) is 0.770. The second-order valence-corrected chi connectivity index (χ2v) is 6.86. The summed E-state index contributed by atoms with van der Waals surface area (Å²) in [6, 6.07) is 5.71. The van der Waals surface area contributed by atoms with Gasteiger partial charge in [0.15, 0.2) is 5.76 Å². The molecule has 24 heavy (non-hydrogen) atoms. The van der Waals surface area contributed by atoms with Crippen LogP contribution in [-0.2, 0) is 14.8 Å². The van der Waals surface area contributed by atoms with E-state index in [1.165, 1.54) is 20.8 Å². The largest absolute Gasteiger partial charge is 0.497 e. The van der Waals surface area contributed by atoms with Crippen molar-refractivity contribution in [2.24, 2.45) is 0 Å². The van der Waals surface area contributed by atoms with Crippen LogP contribution in [0.25, 0.3) is 0 Å². The van der Waals surface area contributed by atoms with Gasteiger partial charge in [0.25, 0.3) is 0 Å². The molecule has 0 saturated carbocycles. The molecule has 0 aliphatic rings. The number of sulfonamides is 1. The van der Waals surface area contributed by atoms with Gasteiger partial charge in [-0.3, -0.25) is 4.79 Å². The highest BCUT2D eigenvalue weighted by molar-refractivity contribution is 7.89. The third-order valence-corrected chi connectivity index (χ3v) is 5.10. The van der Waals surface area contributed by atoms with Crippen molar-refractivity contribution >= 4 is 21.6 Å². The first-order chi connectivity index (χ1) is 11.2. The first-order valence-corrected chi connectivity index (χ1v) is 8.63. The molecule has 8 nitrogen and oxygen atoms in total. The van der Waals surface area contributed by atoms with Gasteiger partial charge in [-0.05, 0) is 45.0 Å². The van der Waals surface area contributed by atoms with Gasteiger partial charge < -0.3 is 14.6 Å². The maximum atomic E-state index is 12.4. The number of amides is 1. The van der Waals surface area contributed by atoms with Gasteiger partial charge in [0.2, 0.25) is 15.9 Å². The molecule has 2 rings (SSSR count). The lowest BCUT2D eigenvalue weighted by Crippen LogP contribution is -2.41. The number of benzene rings is 1. The lowest BCUT2D eigenvalue weighted by atomic mass is 10.2. The van der Waals surface area contributed by atoms with Gasteiger partial charge in [0.1, 0.15) is 16.3 Å². The Hall–Kier alpha value is -2.39. The molecule has 0 aliphatic carbocycles. The van der Waals surface area contributed by atoms with Crippen LogP contribution in [0.1, 0.15) is 18.4 Å². The summed E-state index contributed by atoms with van der Waals surface area (Å²) in [7, 11) is -2.37. The monoisotopic (exact) mass is 353 g/mol. The molecule has 1 atom stereocenters. The lowest BCUT2D eigenvalue weighted by Gasteiger charge is -2.14. The van der Waals surface area contributed by atoms with E-state index in [1.54, 1.807) is 31.4 Å².